The van der Waals surface area contributed by atoms with Crippen LogP contribution in [-0.2, 0) is 4.79 Å². The summed E-state index contributed by atoms with van der Waals surface area (Å²) in [6.07, 6.45) is 3.44. The molecular formula is C8H15ClN2O. The number of carbonyl (C=O) groups is 1. The normalized spacial score (nSPS) is 8.50. The van der Waals surface area contributed by atoms with Crippen LogP contribution in [0, 0.1) is 0 Å². The third-order valence-electron chi connectivity index (χ3n) is 1.01. The number of carbonyl (C=O) groups excluding carboxylic acids is 1. The van der Waals surface area contributed by atoms with Gasteiger partial charge in [0.1, 0.15) is 0 Å². The molecule has 0 aromatic carbocycles. The van der Waals surface area contributed by atoms with Crippen molar-refractivity contribution in [2.24, 2.45) is 0 Å². The largest absolute Gasteiger partial charge is 0.289 e. The van der Waals surface area contributed by atoms with E-state index in [0.717, 1.165) is 0 Å². The molecule has 12 heavy (non-hydrogen) atoms. The molecule has 0 spiro atoms. The minimum absolute atomic E-state index is 0. The minimum atomic E-state index is -0.0753. The zero-order valence-corrected chi connectivity index (χ0v) is 8.06. The van der Waals surface area contributed by atoms with Crippen LogP contribution in [0.25, 0.3) is 0 Å². The highest BCUT2D eigenvalue weighted by Crippen LogP contribution is 1.82. The number of hydrogen-bond acceptors (Lipinski definition) is 2. The highest BCUT2D eigenvalue weighted by Gasteiger charge is 1.99. The Hall–Kier alpha value is -0.800. The lowest BCUT2D eigenvalue weighted by atomic mass is 10.5. The van der Waals surface area contributed by atoms with Gasteiger partial charge in [-0.05, 0) is 0 Å². The number of amides is 1. The minimum Gasteiger partial charge on any atom is -0.289 e. The summed E-state index contributed by atoms with van der Waals surface area (Å²) in [5.74, 6) is -0.0753. The second-order valence-electron chi connectivity index (χ2n) is 2.15. The van der Waals surface area contributed by atoms with Gasteiger partial charge in [-0.25, -0.2) is 5.01 Å². The fourth-order valence-electron chi connectivity index (χ4n) is 0.700. The van der Waals surface area contributed by atoms with Gasteiger partial charge in [-0.1, -0.05) is 12.2 Å². The molecule has 0 saturated carbocycles. The highest BCUT2D eigenvalue weighted by atomic mass is 35.5. The summed E-state index contributed by atoms with van der Waals surface area (Å²) < 4.78 is 0. The van der Waals surface area contributed by atoms with E-state index in [1.165, 1.54) is 6.92 Å². The van der Waals surface area contributed by atoms with Crippen molar-refractivity contribution >= 4 is 18.3 Å². The first kappa shape index (κ1) is 13.8. The van der Waals surface area contributed by atoms with Crippen LogP contribution in [-0.4, -0.2) is 24.0 Å². The first-order chi connectivity index (χ1) is 5.20. The van der Waals surface area contributed by atoms with Gasteiger partial charge in [0, 0.05) is 20.0 Å². The first-order valence-electron chi connectivity index (χ1n) is 3.44. The number of nitrogens with zero attached hydrogens (tertiary/aromatic N) is 1. The molecule has 0 aromatic rings. The Labute approximate surface area is 79.5 Å². The van der Waals surface area contributed by atoms with Crippen molar-refractivity contribution in [1.82, 2.24) is 10.4 Å². The predicted octanol–water partition coefficient (Wildman–Crippen LogP) is 1.13. The Kier molecular flexibility index (Phi) is 9.52. The number of rotatable bonds is 5. The van der Waals surface area contributed by atoms with Gasteiger partial charge in [-0.2, -0.15) is 0 Å². The van der Waals surface area contributed by atoms with Crippen molar-refractivity contribution in [2.75, 3.05) is 13.1 Å². The predicted molar refractivity (Wildman–Crippen MR) is 53.0 cm³/mol. The maximum Gasteiger partial charge on any atom is 0.231 e. The van der Waals surface area contributed by atoms with Gasteiger partial charge < -0.3 is 0 Å². The Morgan fingerprint density at radius 3 is 2.08 bits per heavy atom. The van der Waals surface area contributed by atoms with Crippen molar-refractivity contribution in [2.45, 2.75) is 6.92 Å². The van der Waals surface area contributed by atoms with Gasteiger partial charge in [-0.3, -0.25) is 10.2 Å². The van der Waals surface area contributed by atoms with E-state index in [4.69, 9.17) is 0 Å². The second kappa shape index (κ2) is 8.30. The van der Waals surface area contributed by atoms with Crippen molar-refractivity contribution in [3.63, 3.8) is 0 Å². The molecule has 3 nitrogen and oxygen atoms in total. The van der Waals surface area contributed by atoms with Gasteiger partial charge in [0.25, 0.3) is 0 Å². The van der Waals surface area contributed by atoms with Crippen LogP contribution < -0.4 is 5.43 Å². The van der Waals surface area contributed by atoms with E-state index in [1.54, 1.807) is 17.2 Å². The van der Waals surface area contributed by atoms with Crippen LogP contribution in [0.3, 0.4) is 0 Å². The molecule has 0 bridgehead atoms. The maximum atomic E-state index is 10.6. The number of hydrogen-bond donors (Lipinski definition) is 1. The van der Waals surface area contributed by atoms with E-state index in [9.17, 15) is 4.79 Å². The fourth-order valence-corrected chi connectivity index (χ4v) is 0.700. The van der Waals surface area contributed by atoms with Crippen molar-refractivity contribution < 1.29 is 4.79 Å². The monoisotopic (exact) mass is 190 g/mol. The number of nitrogens with one attached hydrogen (secondary N) is 1. The average Bonchev–Trinajstić information content (AvgIpc) is 1.87. The van der Waals surface area contributed by atoms with E-state index < -0.39 is 0 Å². The summed E-state index contributed by atoms with van der Waals surface area (Å²) in [6, 6.07) is 0. The van der Waals surface area contributed by atoms with Crippen LogP contribution in [0.15, 0.2) is 25.3 Å². The standard InChI is InChI=1S/C8H14N2O.ClH/c1-4-6-10(7-5-2)9-8(3)11;/h4-5H,1-2,6-7H2,3H3,(H,9,11);1H. The molecule has 1 amide bonds. The van der Waals surface area contributed by atoms with Gasteiger partial charge in [0.05, 0.1) is 0 Å². The average molecular weight is 191 g/mol. The SMILES string of the molecule is C=CCN(CC=C)NC(C)=O.Cl. The van der Waals surface area contributed by atoms with E-state index in [0.29, 0.717) is 13.1 Å². The quantitative estimate of drug-likeness (QED) is 0.521. The highest BCUT2D eigenvalue weighted by molar-refractivity contribution is 5.85. The van der Waals surface area contributed by atoms with E-state index in [2.05, 4.69) is 18.6 Å². The Bertz CT molecular complexity index is 149. The van der Waals surface area contributed by atoms with Crippen molar-refractivity contribution in [3.05, 3.63) is 25.3 Å². The van der Waals surface area contributed by atoms with Crippen LogP contribution in [0.2, 0.25) is 0 Å². The maximum absolute atomic E-state index is 10.6. The van der Waals surface area contributed by atoms with Crippen LogP contribution in [0.1, 0.15) is 6.92 Å². The fraction of sp³-hybridized carbons (Fsp3) is 0.375. The molecule has 70 valence electrons. The van der Waals surface area contributed by atoms with Crippen LogP contribution >= 0.6 is 12.4 Å². The number of hydrazine groups is 1. The second-order valence-corrected chi connectivity index (χ2v) is 2.15. The summed E-state index contributed by atoms with van der Waals surface area (Å²) in [5.41, 5.74) is 2.63. The third-order valence-corrected chi connectivity index (χ3v) is 1.01. The molecule has 0 aliphatic heterocycles. The summed E-state index contributed by atoms with van der Waals surface area (Å²) in [6.45, 7) is 9.86. The van der Waals surface area contributed by atoms with Crippen molar-refractivity contribution in [1.29, 1.82) is 0 Å². The molecule has 0 rings (SSSR count). The molecule has 0 radical (unpaired) electrons. The third kappa shape index (κ3) is 7.31. The topological polar surface area (TPSA) is 32.3 Å². The Morgan fingerprint density at radius 2 is 1.83 bits per heavy atom. The molecule has 0 atom stereocenters. The smallest absolute Gasteiger partial charge is 0.231 e. The van der Waals surface area contributed by atoms with E-state index >= 15 is 0 Å². The zero-order valence-electron chi connectivity index (χ0n) is 7.25. The lowest BCUT2D eigenvalue weighted by Gasteiger charge is -2.18. The molecule has 0 aliphatic rings. The molecule has 0 fully saturated rings. The lowest BCUT2D eigenvalue weighted by Crippen LogP contribution is -2.41. The molecule has 0 heterocycles. The van der Waals surface area contributed by atoms with E-state index in [1.807, 2.05) is 0 Å². The summed E-state index contributed by atoms with van der Waals surface area (Å²) in [7, 11) is 0. The van der Waals surface area contributed by atoms with Gasteiger partial charge in [0.15, 0.2) is 0 Å². The summed E-state index contributed by atoms with van der Waals surface area (Å²) in [4.78, 5) is 10.6. The molecule has 4 heteroatoms. The molecule has 1 N–H and O–H groups in total. The zero-order chi connectivity index (χ0) is 8.69. The summed E-state index contributed by atoms with van der Waals surface area (Å²) >= 11 is 0. The van der Waals surface area contributed by atoms with Gasteiger partial charge >= 0.3 is 0 Å². The van der Waals surface area contributed by atoms with Crippen molar-refractivity contribution in [3.8, 4) is 0 Å². The molecule has 0 aliphatic carbocycles. The summed E-state index contributed by atoms with van der Waals surface area (Å²) in [5, 5.41) is 1.72. The molecular weight excluding hydrogens is 176 g/mol. The van der Waals surface area contributed by atoms with Gasteiger partial charge in [0.2, 0.25) is 5.91 Å². The van der Waals surface area contributed by atoms with Crippen LogP contribution in [0.4, 0.5) is 0 Å². The molecule has 0 aromatic heterocycles. The lowest BCUT2D eigenvalue weighted by molar-refractivity contribution is -0.123. The van der Waals surface area contributed by atoms with Crippen LogP contribution in [0.5, 0.6) is 0 Å². The van der Waals surface area contributed by atoms with E-state index in [-0.39, 0.29) is 18.3 Å². The first-order valence-corrected chi connectivity index (χ1v) is 3.44. The Balaban J connectivity index is 0. The van der Waals surface area contributed by atoms with Gasteiger partial charge in [-0.15, -0.1) is 25.6 Å². The Morgan fingerprint density at radius 1 is 1.42 bits per heavy atom. The molecule has 0 unspecified atom stereocenters. The molecule has 0 saturated heterocycles. The number of halogens is 1.